The molecule has 5 heteroatoms. The Morgan fingerprint density at radius 3 is 2.59 bits per heavy atom. The third-order valence-corrected chi connectivity index (χ3v) is 4.56. The van der Waals surface area contributed by atoms with E-state index in [1.54, 1.807) is 18.2 Å². The molecule has 0 radical (unpaired) electrons. The van der Waals surface area contributed by atoms with Gasteiger partial charge < -0.3 is 9.84 Å². The largest absolute Gasteiger partial charge is 0.485 e. The first-order chi connectivity index (χ1) is 10.6. The lowest BCUT2D eigenvalue weighted by Gasteiger charge is -2.18. The first-order valence-corrected chi connectivity index (χ1v) is 7.94. The van der Waals surface area contributed by atoms with Crippen molar-refractivity contribution in [2.24, 2.45) is 0 Å². The molecule has 3 nitrogen and oxygen atoms in total. The van der Waals surface area contributed by atoms with Gasteiger partial charge in [-0.05, 0) is 17.7 Å². The molecule has 2 aromatic rings. The Morgan fingerprint density at radius 1 is 1.05 bits per heavy atom. The predicted octanol–water partition coefficient (Wildman–Crippen LogP) is 3.62. The van der Waals surface area contributed by atoms with Crippen molar-refractivity contribution in [3.05, 3.63) is 64.1 Å². The number of likely N-dealkylation sites (tertiary alicyclic amines) is 1. The van der Waals surface area contributed by atoms with E-state index in [0.717, 1.165) is 6.54 Å². The summed E-state index contributed by atoms with van der Waals surface area (Å²) in [6.07, 6.45) is -0.849. The molecule has 2 aromatic carbocycles. The molecule has 0 unspecified atom stereocenters. The van der Waals surface area contributed by atoms with Crippen molar-refractivity contribution in [3.8, 4) is 5.75 Å². The van der Waals surface area contributed by atoms with E-state index in [1.807, 2.05) is 18.2 Å². The molecule has 2 atom stereocenters. The van der Waals surface area contributed by atoms with Gasteiger partial charge in [-0.1, -0.05) is 59.6 Å². The molecule has 3 rings (SSSR count). The normalized spacial score (nSPS) is 22.0. The topological polar surface area (TPSA) is 32.7 Å². The maximum Gasteiger partial charge on any atom is 0.140 e. The first kappa shape index (κ1) is 15.6. The number of halogens is 2. The van der Waals surface area contributed by atoms with E-state index < -0.39 is 6.10 Å². The maximum atomic E-state index is 10.2. The van der Waals surface area contributed by atoms with E-state index in [-0.39, 0.29) is 6.10 Å². The third-order valence-electron chi connectivity index (χ3n) is 3.76. The van der Waals surface area contributed by atoms with Gasteiger partial charge >= 0.3 is 0 Å². The number of aliphatic hydroxyl groups excluding tert-OH is 1. The van der Waals surface area contributed by atoms with Crippen LogP contribution in [0.4, 0.5) is 0 Å². The number of rotatable bonds is 4. The number of aliphatic hydroxyl groups is 1. The number of hydrogen-bond acceptors (Lipinski definition) is 3. The van der Waals surface area contributed by atoms with Gasteiger partial charge in [-0.3, -0.25) is 4.90 Å². The number of benzene rings is 2. The van der Waals surface area contributed by atoms with E-state index in [9.17, 15) is 5.11 Å². The Labute approximate surface area is 140 Å². The van der Waals surface area contributed by atoms with Gasteiger partial charge in [-0.2, -0.15) is 0 Å². The number of ether oxygens (including phenoxy) is 1. The quantitative estimate of drug-likeness (QED) is 0.924. The van der Waals surface area contributed by atoms with Gasteiger partial charge in [0.25, 0.3) is 0 Å². The van der Waals surface area contributed by atoms with Crippen LogP contribution in [0.2, 0.25) is 10.0 Å². The molecule has 0 spiro atoms. The molecule has 1 N–H and O–H groups in total. The van der Waals surface area contributed by atoms with Crippen molar-refractivity contribution in [1.29, 1.82) is 0 Å². The summed E-state index contributed by atoms with van der Waals surface area (Å²) in [5.41, 5.74) is 1.22. The van der Waals surface area contributed by atoms with E-state index in [2.05, 4.69) is 17.0 Å². The summed E-state index contributed by atoms with van der Waals surface area (Å²) < 4.78 is 5.86. The molecule has 0 bridgehead atoms. The Hall–Kier alpha value is -1.26. The van der Waals surface area contributed by atoms with Crippen molar-refractivity contribution in [2.45, 2.75) is 18.8 Å². The molecular formula is C17H17Cl2NO2. The number of β-amino-alcohol motifs (C(OH)–C–C–N with tert-alkyl or cyclic N) is 1. The Kier molecular flexibility index (Phi) is 4.89. The van der Waals surface area contributed by atoms with E-state index in [0.29, 0.717) is 28.9 Å². The highest BCUT2D eigenvalue weighted by molar-refractivity contribution is 6.42. The average molecular weight is 338 g/mol. The second kappa shape index (κ2) is 6.88. The predicted molar refractivity (Wildman–Crippen MR) is 88.6 cm³/mol. The van der Waals surface area contributed by atoms with Gasteiger partial charge in [0.2, 0.25) is 0 Å². The van der Waals surface area contributed by atoms with Crippen LogP contribution in [0.1, 0.15) is 5.56 Å². The molecule has 0 saturated carbocycles. The van der Waals surface area contributed by atoms with Gasteiger partial charge in [0.05, 0.1) is 5.02 Å². The molecule has 1 saturated heterocycles. The zero-order valence-corrected chi connectivity index (χ0v) is 13.5. The molecule has 0 aromatic heterocycles. The molecule has 116 valence electrons. The van der Waals surface area contributed by atoms with Crippen LogP contribution in [0.15, 0.2) is 48.5 Å². The van der Waals surface area contributed by atoms with E-state index >= 15 is 0 Å². The zero-order valence-electron chi connectivity index (χ0n) is 12.0. The van der Waals surface area contributed by atoms with E-state index in [1.165, 1.54) is 5.56 Å². The molecule has 22 heavy (non-hydrogen) atoms. The fourth-order valence-corrected chi connectivity index (χ4v) is 2.99. The highest BCUT2D eigenvalue weighted by Gasteiger charge is 2.33. The minimum absolute atomic E-state index is 0.306. The molecule has 1 fully saturated rings. The lowest BCUT2D eigenvalue weighted by Crippen LogP contribution is -2.30. The standard InChI is InChI=1S/C17H17Cl2NO2/c18-13-7-4-8-15(17(13)19)22-16-11-20(10-14(16)21)9-12-5-2-1-3-6-12/h1-8,14,16,21H,9-11H2/t14-,16-/m1/s1. The van der Waals surface area contributed by atoms with E-state index in [4.69, 9.17) is 27.9 Å². The Balaban J connectivity index is 1.65. The summed E-state index contributed by atoms with van der Waals surface area (Å²) in [4.78, 5) is 2.17. The molecule has 0 amide bonds. The van der Waals surface area contributed by atoms with Crippen LogP contribution in [0.5, 0.6) is 5.75 Å². The minimum atomic E-state index is -0.543. The Morgan fingerprint density at radius 2 is 1.82 bits per heavy atom. The van der Waals surface area contributed by atoms with Gasteiger partial charge in [0, 0.05) is 19.6 Å². The van der Waals surface area contributed by atoms with Gasteiger partial charge in [0.15, 0.2) is 0 Å². The Bertz CT molecular complexity index is 636. The van der Waals surface area contributed by atoms with Crippen LogP contribution < -0.4 is 4.74 Å². The fourth-order valence-electron chi connectivity index (χ4n) is 2.66. The van der Waals surface area contributed by atoms with Crippen LogP contribution in [-0.2, 0) is 6.54 Å². The summed E-state index contributed by atoms with van der Waals surface area (Å²) in [5, 5.41) is 11.1. The maximum absolute atomic E-state index is 10.2. The smallest absolute Gasteiger partial charge is 0.140 e. The van der Waals surface area contributed by atoms with Crippen LogP contribution in [0, 0.1) is 0 Å². The van der Waals surface area contributed by atoms with Crippen LogP contribution in [-0.4, -0.2) is 35.3 Å². The summed E-state index contributed by atoms with van der Waals surface area (Å²) in [5.74, 6) is 0.514. The van der Waals surface area contributed by atoms with Gasteiger partial charge in [-0.15, -0.1) is 0 Å². The second-order valence-electron chi connectivity index (χ2n) is 5.46. The lowest BCUT2D eigenvalue weighted by molar-refractivity contribution is 0.0737. The molecule has 1 aliphatic heterocycles. The molecule has 1 heterocycles. The summed E-state index contributed by atoms with van der Waals surface area (Å²) in [6.45, 7) is 2.03. The number of hydrogen-bond donors (Lipinski definition) is 1. The summed E-state index contributed by atoms with van der Waals surface area (Å²) in [6, 6.07) is 15.4. The SMILES string of the molecule is O[C@@H]1CN(Cc2ccccc2)C[C@H]1Oc1cccc(Cl)c1Cl. The second-order valence-corrected chi connectivity index (χ2v) is 6.24. The zero-order chi connectivity index (χ0) is 15.5. The van der Waals surface area contributed by atoms with Crippen molar-refractivity contribution >= 4 is 23.2 Å². The number of nitrogens with zero attached hydrogens (tertiary/aromatic N) is 1. The van der Waals surface area contributed by atoms with Crippen LogP contribution in [0.3, 0.4) is 0 Å². The summed E-state index contributed by atoms with van der Waals surface area (Å²) >= 11 is 12.1. The van der Waals surface area contributed by atoms with Crippen molar-refractivity contribution < 1.29 is 9.84 Å². The molecular weight excluding hydrogens is 321 g/mol. The van der Waals surface area contributed by atoms with Gasteiger partial charge in [0.1, 0.15) is 23.0 Å². The molecule has 1 aliphatic rings. The fraction of sp³-hybridized carbons (Fsp3) is 0.294. The lowest BCUT2D eigenvalue weighted by atomic mass is 10.2. The third kappa shape index (κ3) is 3.55. The van der Waals surface area contributed by atoms with Crippen molar-refractivity contribution in [1.82, 2.24) is 4.90 Å². The minimum Gasteiger partial charge on any atom is -0.485 e. The monoisotopic (exact) mass is 337 g/mol. The first-order valence-electron chi connectivity index (χ1n) is 7.18. The van der Waals surface area contributed by atoms with Crippen LogP contribution >= 0.6 is 23.2 Å². The van der Waals surface area contributed by atoms with Crippen molar-refractivity contribution in [2.75, 3.05) is 13.1 Å². The molecule has 0 aliphatic carbocycles. The van der Waals surface area contributed by atoms with Crippen molar-refractivity contribution in [3.63, 3.8) is 0 Å². The van der Waals surface area contributed by atoms with Gasteiger partial charge in [-0.25, -0.2) is 0 Å². The summed E-state index contributed by atoms with van der Waals surface area (Å²) in [7, 11) is 0. The average Bonchev–Trinajstić information content (AvgIpc) is 2.85. The highest BCUT2D eigenvalue weighted by Crippen LogP contribution is 2.33. The highest BCUT2D eigenvalue weighted by atomic mass is 35.5. The van der Waals surface area contributed by atoms with Crippen LogP contribution in [0.25, 0.3) is 0 Å².